The Labute approximate surface area is 643 Å². The first kappa shape index (κ1) is 79.4. The number of rotatable bonds is 4. The molecule has 0 amide bonds. The molecule has 0 atom stereocenters. The SMILES string of the molecule is C[Si](C)(C)/C=C1/C(=C/[Si](C)(C)C)c2ccc(cc2)-c2ccc(cc2)-c2c(F)c(F)c(c(F)c2F)-c2c(F)c(F)c(c(F)c2F)-c2ccc(cc2)-c2ccc(cc2)C(=C\[Si](C)(C)C)/C(=C/[Si](C)(C)C)c2ccc(cc2)-c2ccc(cc2)-c2c(F)c(F)c(c(F)c2F)-c2c(F)c(F)c(c(F)c2F)-c2ccc(cc2)-c2ccc1cc2. The number of halogens is 16. The summed E-state index contributed by atoms with van der Waals surface area (Å²) in [5, 5.41) is 0. The molecular weight excluding hydrogens is 1520 g/mol. The van der Waals surface area contributed by atoms with E-state index in [1.807, 2.05) is 48.5 Å². The van der Waals surface area contributed by atoms with Crippen LogP contribution in [0.25, 0.3) is 134 Å². The summed E-state index contributed by atoms with van der Waals surface area (Å²) in [4.78, 5) is 0. The van der Waals surface area contributed by atoms with E-state index in [4.69, 9.17) is 0 Å². The molecule has 0 saturated heterocycles. The number of allylic oxidation sites excluding steroid dienone is 4. The lowest BCUT2D eigenvalue weighted by Crippen LogP contribution is -2.19. The van der Waals surface area contributed by atoms with Gasteiger partial charge in [-0.25, -0.2) is 70.2 Å². The summed E-state index contributed by atoms with van der Waals surface area (Å²) in [6, 6.07) is 50.4. The Bertz CT molecular complexity index is 5040. The summed E-state index contributed by atoms with van der Waals surface area (Å²) in [6.45, 7) is 25.9. The average molecular weight is 1590 g/mol. The minimum Gasteiger partial charge on any atom is -0.203 e. The quantitative estimate of drug-likeness (QED) is 0.0936. The van der Waals surface area contributed by atoms with E-state index in [1.54, 1.807) is 48.5 Å². The second-order valence-corrected chi connectivity index (χ2v) is 52.4. The van der Waals surface area contributed by atoms with Crippen LogP contribution >= 0.6 is 0 Å². The summed E-state index contributed by atoms with van der Waals surface area (Å²) in [7, 11) is -8.33. The van der Waals surface area contributed by atoms with E-state index in [9.17, 15) is 0 Å². The van der Waals surface area contributed by atoms with E-state index in [-0.39, 0.29) is 0 Å². The zero-order valence-corrected chi connectivity index (χ0v) is 66.8. The van der Waals surface area contributed by atoms with E-state index < -0.39 is 192 Å². The van der Waals surface area contributed by atoms with Crippen LogP contribution in [0, 0.1) is 93.1 Å². The van der Waals surface area contributed by atoms with Crippen LogP contribution in [0.3, 0.4) is 0 Å². The van der Waals surface area contributed by atoms with Crippen molar-refractivity contribution in [1.29, 1.82) is 0 Å². The van der Waals surface area contributed by atoms with Crippen LogP contribution in [0.2, 0.25) is 78.6 Å². The van der Waals surface area contributed by atoms with E-state index in [1.165, 1.54) is 97.1 Å². The zero-order chi connectivity index (χ0) is 80.9. The second kappa shape index (κ2) is 30.1. The molecule has 0 unspecified atom stereocenters. The number of hydrogen-bond donors (Lipinski definition) is 0. The van der Waals surface area contributed by atoms with Crippen molar-refractivity contribution in [2.45, 2.75) is 78.6 Å². The van der Waals surface area contributed by atoms with Crippen LogP contribution in [-0.2, 0) is 0 Å². The monoisotopic (exact) mass is 1590 g/mol. The van der Waals surface area contributed by atoms with Crippen molar-refractivity contribution in [2.75, 3.05) is 0 Å². The number of benzene rings is 12. The van der Waals surface area contributed by atoms with Gasteiger partial charge in [-0.3, -0.25) is 0 Å². The molecule has 12 aromatic carbocycles. The van der Waals surface area contributed by atoms with Crippen LogP contribution < -0.4 is 0 Å². The molecule has 0 radical (unpaired) electrons. The predicted octanol–water partition coefficient (Wildman–Crippen LogP) is 29.3. The Balaban J connectivity index is 0.912. The maximum Gasteiger partial charge on any atom is 0.170 e. The first-order chi connectivity index (χ1) is 52.7. The Kier molecular flexibility index (Phi) is 21.4. The van der Waals surface area contributed by atoms with E-state index >= 15 is 70.2 Å². The van der Waals surface area contributed by atoms with Gasteiger partial charge in [0.25, 0.3) is 0 Å². The van der Waals surface area contributed by atoms with Crippen molar-refractivity contribution in [1.82, 2.24) is 0 Å². The third kappa shape index (κ3) is 15.5. The highest BCUT2D eigenvalue weighted by atomic mass is 28.3. The minimum absolute atomic E-state index is 0.392. The van der Waals surface area contributed by atoms with Crippen LogP contribution in [-0.4, -0.2) is 32.3 Å². The molecular formula is C92H72F16Si4. The van der Waals surface area contributed by atoms with Crippen LogP contribution in [0.1, 0.15) is 22.3 Å². The summed E-state index contributed by atoms with van der Waals surface area (Å²) in [5.41, 5.74) is 5.53. The lowest BCUT2D eigenvalue weighted by Gasteiger charge is -2.22. The Morgan fingerprint density at radius 2 is 0.223 bits per heavy atom. The lowest BCUT2D eigenvalue weighted by molar-refractivity contribution is 0.446. The molecule has 0 aromatic heterocycles. The molecule has 19 aliphatic rings. The van der Waals surface area contributed by atoms with E-state index in [2.05, 4.69) is 101 Å². The van der Waals surface area contributed by atoms with Crippen molar-refractivity contribution in [3.05, 3.63) is 332 Å². The molecule has 20 heteroatoms. The van der Waals surface area contributed by atoms with Crippen molar-refractivity contribution in [2.24, 2.45) is 0 Å². The van der Waals surface area contributed by atoms with Crippen LogP contribution in [0.15, 0.2) is 217 Å². The van der Waals surface area contributed by atoms with Gasteiger partial charge in [-0.2, -0.15) is 0 Å². The van der Waals surface area contributed by atoms with Gasteiger partial charge in [-0.1, -0.05) is 295 Å². The van der Waals surface area contributed by atoms with Gasteiger partial charge in [-0.05, 0) is 111 Å². The fourth-order valence-electron chi connectivity index (χ4n) is 14.1. The summed E-state index contributed by atoms with van der Waals surface area (Å²) in [5.74, 6) is -35.2. The molecule has 0 saturated carbocycles. The summed E-state index contributed by atoms with van der Waals surface area (Å²) in [6.07, 6.45) is 0. The summed E-state index contributed by atoms with van der Waals surface area (Å²) < 4.78 is 262. The predicted molar refractivity (Wildman–Crippen MR) is 432 cm³/mol. The van der Waals surface area contributed by atoms with Gasteiger partial charge in [0, 0.05) is 0 Å². The molecule has 12 aromatic rings. The topological polar surface area (TPSA) is 0 Å². The highest BCUT2D eigenvalue weighted by molar-refractivity contribution is 6.84. The van der Waals surface area contributed by atoms with Crippen LogP contribution in [0.4, 0.5) is 70.2 Å². The standard InChI is InChI=1S/C92H72F16Si4/c1-109(2,3)45-65-57-29-13-49(14-30-57)53-21-37-61(38-22-53)69-77(93)85(101)73(86(102)78(69)94)74-89(105)81(97)71(82(98)90(74)106)63-41-25-55(26-42-63)51-17-33-59(34-18-51)67(47-111(7,8)9)68(48-112(10,11)12)60-35-19-52(20-36-60)56-27-43-64(44-28-56)72-83(99)91(107)76(92(108)84(72)100)75-87(103)79(95)70(80(96)88(75)104)62-39-23-54(24-40-62)50-15-31-58(32-16-50)66(65)46-110(4,5)6/h13-48H,1-12H3/b65-45+,66-46+,67-47+,68-48+. The van der Waals surface area contributed by atoms with Crippen molar-refractivity contribution in [3.63, 3.8) is 0 Å². The normalized spacial score (nSPS) is 14.3. The minimum atomic E-state index is -2.31. The molecule has 19 aliphatic carbocycles. The van der Waals surface area contributed by atoms with E-state index in [0.717, 1.165) is 44.5 Å². The van der Waals surface area contributed by atoms with Gasteiger partial charge in [-0.15, -0.1) is 0 Å². The van der Waals surface area contributed by atoms with Crippen LogP contribution in [0.5, 0.6) is 0 Å². The maximum atomic E-state index is 16.4. The molecule has 568 valence electrons. The third-order valence-corrected chi connectivity index (χ3v) is 23.9. The van der Waals surface area contributed by atoms with Crippen molar-refractivity contribution >= 4 is 54.6 Å². The smallest absolute Gasteiger partial charge is 0.170 e. The van der Waals surface area contributed by atoms with Crippen molar-refractivity contribution in [3.8, 4) is 111 Å². The number of hydrogen-bond acceptors (Lipinski definition) is 0. The fraction of sp³-hybridized carbons (Fsp3) is 0.130. The van der Waals surface area contributed by atoms with Gasteiger partial charge >= 0.3 is 0 Å². The first-order valence-corrected chi connectivity index (χ1v) is 50.2. The molecule has 112 heavy (non-hydrogen) atoms. The zero-order valence-electron chi connectivity index (χ0n) is 62.8. The highest BCUT2D eigenvalue weighted by Crippen LogP contribution is 2.48. The molecule has 0 heterocycles. The Morgan fingerprint density at radius 3 is 0.330 bits per heavy atom. The Morgan fingerprint density at radius 1 is 0.134 bits per heavy atom. The molecule has 0 nitrogen and oxygen atoms in total. The van der Waals surface area contributed by atoms with Gasteiger partial charge < -0.3 is 0 Å². The average Bonchev–Trinajstić information content (AvgIpc) is 0.739. The fourth-order valence-corrected chi connectivity index (χ4v) is 18.9. The van der Waals surface area contributed by atoms with Gasteiger partial charge in [0.05, 0.1) is 76.8 Å². The molecule has 0 spiro atoms. The van der Waals surface area contributed by atoms with E-state index in [0.29, 0.717) is 44.5 Å². The van der Waals surface area contributed by atoms with Gasteiger partial charge in [0.15, 0.2) is 93.1 Å². The van der Waals surface area contributed by atoms with Crippen molar-refractivity contribution < 1.29 is 70.2 Å². The first-order valence-electron chi connectivity index (χ1n) is 35.9. The summed E-state index contributed by atoms with van der Waals surface area (Å²) >= 11 is 0. The third-order valence-electron chi connectivity index (χ3n) is 19.3. The molecule has 31 rings (SSSR count). The molecule has 0 N–H and O–H groups in total. The lowest BCUT2D eigenvalue weighted by atomic mass is 9.91. The largest absolute Gasteiger partial charge is 0.203 e. The van der Waals surface area contributed by atoms with Gasteiger partial charge in [0.1, 0.15) is 0 Å². The second-order valence-electron chi connectivity index (χ2n) is 32.3. The molecule has 0 aliphatic heterocycles. The maximum absolute atomic E-state index is 16.4. The Hall–Kier alpha value is -10.7. The highest BCUT2D eigenvalue weighted by Gasteiger charge is 2.38. The van der Waals surface area contributed by atoms with Gasteiger partial charge in [0.2, 0.25) is 0 Å². The molecule has 0 fully saturated rings. The molecule has 24 bridgehead atoms.